The normalized spacial score (nSPS) is 25.4. The maximum atomic E-state index is 13.5. The second kappa shape index (κ2) is 71.1. The van der Waals surface area contributed by atoms with Gasteiger partial charge in [-0.05, 0) is 83.5 Å². The first kappa shape index (κ1) is 102. The Morgan fingerprint density at radius 1 is 0.333 bits per heavy atom. The van der Waals surface area contributed by atoms with Crippen molar-refractivity contribution in [3.05, 3.63) is 85.1 Å². The number of ether oxygens (including phenoxy) is 6. The average Bonchev–Trinajstić information content (AvgIpc) is 0.780. The van der Waals surface area contributed by atoms with E-state index in [0.29, 0.717) is 12.8 Å². The number of amides is 1. The molecule has 3 aliphatic rings. The van der Waals surface area contributed by atoms with E-state index in [9.17, 15) is 61.0 Å². The molecular weight excluding hydrogens is 1410 g/mol. The quantitative estimate of drug-likeness (QED) is 0.0199. The number of hydrogen-bond donors (Lipinski definition) is 12. The number of allylic oxidation sites excluding steroid dienone is 13. The third-order valence-electron chi connectivity index (χ3n) is 22.2. The zero-order valence-corrected chi connectivity index (χ0v) is 69.7. The van der Waals surface area contributed by atoms with Gasteiger partial charge in [-0.2, -0.15) is 0 Å². The summed E-state index contributed by atoms with van der Waals surface area (Å²) in [7, 11) is 0. The fourth-order valence-corrected chi connectivity index (χ4v) is 15.0. The van der Waals surface area contributed by atoms with Crippen LogP contribution in [0.5, 0.6) is 0 Å². The lowest BCUT2D eigenvalue weighted by Crippen LogP contribution is -2.66. The van der Waals surface area contributed by atoms with Crippen molar-refractivity contribution in [1.82, 2.24) is 5.32 Å². The monoisotopic (exact) mass is 1570 g/mol. The first-order valence-electron chi connectivity index (χ1n) is 45.3. The van der Waals surface area contributed by atoms with Crippen LogP contribution in [-0.2, 0) is 33.2 Å². The first-order valence-corrected chi connectivity index (χ1v) is 45.3. The van der Waals surface area contributed by atoms with Crippen LogP contribution in [0.2, 0.25) is 0 Å². The van der Waals surface area contributed by atoms with Gasteiger partial charge < -0.3 is 89.9 Å². The van der Waals surface area contributed by atoms with Gasteiger partial charge in [0.25, 0.3) is 0 Å². The summed E-state index contributed by atoms with van der Waals surface area (Å²) >= 11 is 0. The minimum Gasteiger partial charge on any atom is -0.394 e. The van der Waals surface area contributed by atoms with E-state index in [1.54, 1.807) is 6.08 Å². The topological polar surface area (TPSA) is 307 Å². The lowest BCUT2D eigenvalue weighted by atomic mass is 9.96. The zero-order chi connectivity index (χ0) is 80.3. The van der Waals surface area contributed by atoms with E-state index in [0.717, 1.165) is 70.6 Å². The molecule has 17 atom stereocenters. The van der Waals surface area contributed by atoms with E-state index in [4.69, 9.17) is 28.4 Å². The molecule has 19 nitrogen and oxygen atoms in total. The summed E-state index contributed by atoms with van der Waals surface area (Å²) in [6, 6.07) is -1.00. The first-order chi connectivity index (χ1) is 54.3. The fourth-order valence-electron chi connectivity index (χ4n) is 15.0. The lowest BCUT2D eigenvalue weighted by Gasteiger charge is -2.48. The van der Waals surface area contributed by atoms with Crippen molar-refractivity contribution in [1.29, 1.82) is 0 Å². The number of hydrogen-bond acceptors (Lipinski definition) is 18. The van der Waals surface area contributed by atoms with E-state index in [-0.39, 0.29) is 18.9 Å². The minimum atomic E-state index is -1.99. The van der Waals surface area contributed by atoms with E-state index < -0.39 is 124 Å². The Morgan fingerprint density at radius 3 is 1.01 bits per heavy atom. The van der Waals surface area contributed by atoms with Gasteiger partial charge in [0.2, 0.25) is 5.91 Å². The molecule has 0 aromatic heterocycles. The zero-order valence-electron chi connectivity index (χ0n) is 69.7. The number of aliphatic hydroxyl groups excluding tert-OH is 11. The molecule has 1 amide bonds. The Kier molecular flexibility index (Phi) is 65.4. The van der Waals surface area contributed by atoms with Crippen molar-refractivity contribution in [3.8, 4) is 0 Å². The van der Waals surface area contributed by atoms with Crippen LogP contribution < -0.4 is 5.32 Å². The molecule has 0 aromatic rings. The Balaban J connectivity index is 1.34. The van der Waals surface area contributed by atoms with Gasteiger partial charge >= 0.3 is 0 Å². The van der Waals surface area contributed by atoms with Gasteiger partial charge in [0.1, 0.15) is 73.2 Å². The van der Waals surface area contributed by atoms with Crippen molar-refractivity contribution < 1.29 is 89.4 Å². The second-order valence-electron chi connectivity index (χ2n) is 32.0. The van der Waals surface area contributed by atoms with Gasteiger partial charge in [-0.25, -0.2) is 0 Å². The van der Waals surface area contributed by atoms with Crippen LogP contribution >= 0.6 is 0 Å². The van der Waals surface area contributed by atoms with Gasteiger partial charge in [0, 0.05) is 6.42 Å². The smallest absolute Gasteiger partial charge is 0.220 e. The molecule has 646 valence electrons. The maximum Gasteiger partial charge on any atom is 0.220 e. The highest BCUT2D eigenvalue weighted by Gasteiger charge is 2.54. The van der Waals surface area contributed by atoms with Gasteiger partial charge in [-0.15, -0.1) is 0 Å². The van der Waals surface area contributed by atoms with Gasteiger partial charge in [0.05, 0.1) is 38.6 Å². The molecule has 3 rings (SSSR count). The van der Waals surface area contributed by atoms with Gasteiger partial charge in [-0.1, -0.05) is 356 Å². The summed E-state index contributed by atoms with van der Waals surface area (Å²) < 4.78 is 34.5. The molecule has 3 heterocycles. The summed E-state index contributed by atoms with van der Waals surface area (Å²) in [5.74, 6) is -0.285. The van der Waals surface area contributed by atoms with Crippen molar-refractivity contribution in [2.45, 2.75) is 465 Å². The third-order valence-corrected chi connectivity index (χ3v) is 22.2. The van der Waals surface area contributed by atoms with Crippen molar-refractivity contribution in [3.63, 3.8) is 0 Å². The summed E-state index contributed by atoms with van der Waals surface area (Å²) in [5, 5.41) is 121. The Morgan fingerprint density at radius 2 is 0.631 bits per heavy atom. The molecule has 0 saturated carbocycles. The number of carbonyl (C=O) groups is 1. The molecule has 0 bridgehead atoms. The molecule has 3 fully saturated rings. The summed E-state index contributed by atoms with van der Waals surface area (Å²) in [4.78, 5) is 13.5. The highest BCUT2D eigenvalue weighted by atomic mass is 16.8. The van der Waals surface area contributed by atoms with Crippen molar-refractivity contribution in [2.24, 2.45) is 0 Å². The largest absolute Gasteiger partial charge is 0.394 e. The Hall–Kier alpha value is -3.03. The molecule has 0 radical (unpaired) electrons. The van der Waals surface area contributed by atoms with E-state index >= 15 is 0 Å². The Bertz CT molecular complexity index is 2330. The molecule has 0 spiro atoms. The minimum absolute atomic E-state index is 0.232. The molecule has 0 aromatic carbocycles. The molecule has 12 N–H and O–H groups in total. The van der Waals surface area contributed by atoms with Crippen LogP contribution in [0.4, 0.5) is 0 Å². The molecular formula is C92H165NO18. The van der Waals surface area contributed by atoms with Crippen molar-refractivity contribution >= 4 is 5.91 Å². The molecule has 19 heteroatoms. The highest BCUT2D eigenvalue weighted by molar-refractivity contribution is 5.76. The van der Waals surface area contributed by atoms with Crippen LogP contribution in [0.25, 0.3) is 0 Å². The molecule has 3 aliphatic heterocycles. The van der Waals surface area contributed by atoms with E-state index in [1.807, 2.05) is 6.08 Å². The second-order valence-corrected chi connectivity index (χ2v) is 32.0. The predicted octanol–water partition coefficient (Wildman–Crippen LogP) is 17.3. The maximum absolute atomic E-state index is 13.5. The number of carbonyl (C=O) groups excluding carboxylic acids is 1. The summed E-state index contributed by atoms with van der Waals surface area (Å²) in [5.41, 5.74) is 0. The standard InChI is InChI=1S/C92H165NO18/c1-3-5-7-9-11-13-15-17-19-21-23-25-27-29-31-33-35-36-37-38-40-42-44-46-48-50-52-54-56-58-60-62-64-66-68-70-80(98)93-75(76(97)69-67-65-63-61-59-57-55-53-51-49-47-45-43-41-39-34-32-30-28-26-24-22-20-18-16-14-12-10-8-6-4-2)74-106-90-86(104)83(101)88(78(72-95)108-90)111-92-87(105)84(102)89(79(73-96)109-92)110-91-85(103)82(100)81(99)77(71-94)107-91/h5,7,11,13,17,19,23,25,51,53,59,61,67,69,75-79,81-92,94-97,99-105H,3-4,6,8-10,12,14-16,18,20-22,24,26-50,52,54-58,60,62-66,68,70-74H2,1-2H3,(H,93,98)/b7-5-,13-11-,19-17-,25-23-,53-51+,61-59+,69-67+. The number of nitrogens with one attached hydrogen (secondary N) is 1. The number of unbranched alkanes of at least 4 members (excludes halogenated alkanes) is 45. The predicted molar refractivity (Wildman–Crippen MR) is 448 cm³/mol. The lowest BCUT2D eigenvalue weighted by molar-refractivity contribution is -0.379. The summed E-state index contributed by atoms with van der Waals surface area (Å²) in [6.07, 6.45) is 70.3. The van der Waals surface area contributed by atoms with Crippen LogP contribution in [0.1, 0.15) is 361 Å². The van der Waals surface area contributed by atoms with Crippen molar-refractivity contribution in [2.75, 3.05) is 26.4 Å². The van der Waals surface area contributed by atoms with E-state index in [2.05, 4.69) is 92.1 Å². The SMILES string of the molecule is CC/C=C\C/C=C\C/C=C\C/C=C\CCCCCCCCCCCCCCCCCCCCCCCCC(=O)NC(COC1OC(CO)C(OC2OC(CO)C(OC3OC(CO)C(O)C(O)C3O)C(O)C2O)C(O)C1O)C(O)/C=C/CC/C=C/CC/C=C/CCCCCCCCCCCCCCCCCCCCCCC. The molecule has 111 heavy (non-hydrogen) atoms. The van der Waals surface area contributed by atoms with E-state index in [1.165, 1.54) is 257 Å². The third kappa shape index (κ3) is 49.7. The molecule has 3 saturated heterocycles. The van der Waals surface area contributed by atoms with Crippen LogP contribution in [0.15, 0.2) is 85.1 Å². The summed E-state index contributed by atoms with van der Waals surface area (Å²) in [6.45, 7) is 1.65. The number of rotatable bonds is 73. The van der Waals surface area contributed by atoms with Gasteiger partial charge in [0.15, 0.2) is 18.9 Å². The van der Waals surface area contributed by atoms with Crippen LogP contribution in [0, 0.1) is 0 Å². The fraction of sp³-hybridized carbons (Fsp3) is 0.837. The Labute approximate surface area is 673 Å². The van der Waals surface area contributed by atoms with Gasteiger partial charge in [-0.3, -0.25) is 4.79 Å². The highest BCUT2D eigenvalue weighted by Crippen LogP contribution is 2.34. The molecule has 17 unspecified atom stereocenters. The molecule has 0 aliphatic carbocycles. The van der Waals surface area contributed by atoms with Crippen LogP contribution in [0.3, 0.4) is 0 Å². The van der Waals surface area contributed by atoms with Crippen LogP contribution in [-0.4, -0.2) is 193 Å². The average molecular weight is 1570 g/mol. The number of aliphatic hydroxyl groups is 11.